The highest BCUT2D eigenvalue weighted by atomic mass is 79.9. The zero-order valence-corrected chi connectivity index (χ0v) is 9.40. The van der Waals surface area contributed by atoms with Crippen LogP contribution in [0, 0.1) is 5.82 Å². The van der Waals surface area contributed by atoms with Gasteiger partial charge in [0.25, 0.3) is 0 Å². The van der Waals surface area contributed by atoms with Crippen molar-refractivity contribution in [1.82, 2.24) is 0 Å². The molecule has 0 atom stereocenters. The summed E-state index contributed by atoms with van der Waals surface area (Å²) in [5.74, 6) is -1.42. The first-order valence-electron chi connectivity index (χ1n) is 3.86. The van der Waals surface area contributed by atoms with Gasteiger partial charge in [-0.15, -0.1) is 0 Å². The maximum absolute atomic E-state index is 13.2. The van der Waals surface area contributed by atoms with Crippen LogP contribution < -0.4 is 0 Å². The number of aliphatic carboxylic acids is 1. The van der Waals surface area contributed by atoms with Crippen LogP contribution in [-0.2, 0) is 11.2 Å². The molecule has 1 N–H and O–H groups in total. The number of hydrogen-bond donors (Lipinski definition) is 1. The van der Waals surface area contributed by atoms with E-state index in [9.17, 15) is 9.18 Å². The summed E-state index contributed by atoms with van der Waals surface area (Å²) >= 11 is 8.79. The number of aryl methyl sites for hydroxylation is 1. The zero-order chi connectivity index (χ0) is 10.7. The van der Waals surface area contributed by atoms with E-state index >= 15 is 0 Å². The van der Waals surface area contributed by atoms with Gasteiger partial charge in [0, 0.05) is 10.9 Å². The number of hydrogen-bond acceptors (Lipinski definition) is 1. The highest BCUT2D eigenvalue weighted by molar-refractivity contribution is 9.10. The molecule has 0 amide bonds. The van der Waals surface area contributed by atoms with E-state index in [0.29, 0.717) is 10.0 Å². The van der Waals surface area contributed by atoms with Crippen molar-refractivity contribution in [3.8, 4) is 0 Å². The number of carbonyl (C=O) groups is 1. The first kappa shape index (κ1) is 11.5. The molecule has 0 heterocycles. The minimum atomic E-state index is -0.949. The van der Waals surface area contributed by atoms with E-state index in [2.05, 4.69) is 15.9 Å². The molecule has 1 aromatic rings. The molecule has 0 fully saturated rings. The van der Waals surface area contributed by atoms with Crippen molar-refractivity contribution in [2.75, 3.05) is 0 Å². The van der Waals surface area contributed by atoms with E-state index in [-0.39, 0.29) is 17.9 Å². The van der Waals surface area contributed by atoms with Crippen LogP contribution in [0.25, 0.3) is 0 Å². The van der Waals surface area contributed by atoms with Gasteiger partial charge in [-0.25, -0.2) is 4.39 Å². The Morgan fingerprint density at radius 2 is 2.21 bits per heavy atom. The molecule has 0 aromatic heterocycles. The summed E-state index contributed by atoms with van der Waals surface area (Å²) in [6, 6.07) is 2.67. The second kappa shape index (κ2) is 4.75. The summed E-state index contributed by atoms with van der Waals surface area (Å²) in [5, 5.41) is 8.71. The molecule has 0 saturated heterocycles. The van der Waals surface area contributed by atoms with Gasteiger partial charge in [0.2, 0.25) is 0 Å². The Labute approximate surface area is 93.8 Å². The molecule has 0 aliphatic rings. The monoisotopic (exact) mass is 280 g/mol. The number of halogens is 3. The lowest BCUT2D eigenvalue weighted by Crippen LogP contribution is -1.99. The van der Waals surface area contributed by atoms with Crippen LogP contribution >= 0.6 is 27.5 Å². The van der Waals surface area contributed by atoms with Crippen LogP contribution in [0.15, 0.2) is 16.6 Å². The molecule has 2 nitrogen and oxygen atoms in total. The summed E-state index contributed by atoms with van der Waals surface area (Å²) in [4.78, 5) is 10.3. The zero-order valence-electron chi connectivity index (χ0n) is 7.06. The fraction of sp³-hybridized carbons (Fsp3) is 0.222. The Balaban J connectivity index is 2.87. The van der Waals surface area contributed by atoms with Gasteiger partial charge < -0.3 is 5.11 Å². The lowest BCUT2D eigenvalue weighted by Gasteiger charge is -2.03. The van der Waals surface area contributed by atoms with E-state index in [1.807, 2.05) is 0 Å². The molecule has 14 heavy (non-hydrogen) atoms. The molecule has 1 rings (SSSR count). The molecule has 0 bridgehead atoms. The highest BCUT2D eigenvalue weighted by Crippen LogP contribution is 2.26. The molecule has 0 radical (unpaired) electrons. The van der Waals surface area contributed by atoms with Crippen LogP contribution in [0.3, 0.4) is 0 Å². The predicted molar refractivity (Wildman–Crippen MR) is 55.1 cm³/mol. The minimum Gasteiger partial charge on any atom is -0.481 e. The Morgan fingerprint density at radius 1 is 1.57 bits per heavy atom. The summed E-state index contributed by atoms with van der Waals surface area (Å²) in [7, 11) is 0. The van der Waals surface area contributed by atoms with Crippen LogP contribution in [0.2, 0.25) is 5.02 Å². The first-order chi connectivity index (χ1) is 6.50. The summed E-state index contributed by atoms with van der Waals surface area (Å²) in [5.41, 5.74) is 0.351. The molecule has 5 heteroatoms. The van der Waals surface area contributed by atoms with Crippen molar-refractivity contribution in [2.24, 2.45) is 0 Å². The van der Waals surface area contributed by atoms with Gasteiger partial charge in [0.15, 0.2) is 0 Å². The van der Waals surface area contributed by atoms with Crippen molar-refractivity contribution >= 4 is 33.5 Å². The van der Waals surface area contributed by atoms with Crippen molar-refractivity contribution in [1.29, 1.82) is 0 Å². The van der Waals surface area contributed by atoms with E-state index in [1.165, 1.54) is 12.1 Å². The van der Waals surface area contributed by atoms with Crippen molar-refractivity contribution in [2.45, 2.75) is 12.8 Å². The normalized spacial score (nSPS) is 10.2. The smallest absolute Gasteiger partial charge is 0.303 e. The second-order valence-corrected chi connectivity index (χ2v) is 4.01. The fourth-order valence-corrected chi connectivity index (χ4v) is 1.54. The molecule has 1 aromatic carbocycles. The first-order valence-corrected chi connectivity index (χ1v) is 5.03. The van der Waals surface area contributed by atoms with Gasteiger partial charge in [0.05, 0.1) is 5.02 Å². The number of carboxylic acids is 1. The highest BCUT2D eigenvalue weighted by Gasteiger charge is 2.08. The topological polar surface area (TPSA) is 37.3 Å². The Bertz CT molecular complexity index is 368. The van der Waals surface area contributed by atoms with Crippen LogP contribution in [0.5, 0.6) is 0 Å². The summed E-state index contributed by atoms with van der Waals surface area (Å²) in [6.45, 7) is 0. The van der Waals surface area contributed by atoms with Crippen LogP contribution in [0.1, 0.15) is 12.0 Å². The van der Waals surface area contributed by atoms with Crippen molar-refractivity contribution in [3.63, 3.8) is 0 Å². The van der Waals surface area contributed by atoms with Crippen LogP contribution in [-0.4, -0.2) is 11.1 Å². The second-order valence-electron chi connectivity index (χ2n) is 2.75. The average Bonchev–Trinajstić information content (AvgIpc) is 2.09. The molecule has 0 unspecified atom stereocenters. The third-order valence-corrected chi connectivity index (χ3v) is 2.89. The largest absolute Gasteiger partial charge is 0.481 e. The SMILES string of the molecule is O=C(O)CCc1cc(Br)c(Cl)cc1F. The van der Waals surface area contributed by atoms with E-state index in [0.717, 1.165) is 0 Å². The predicted octanol–water partition coefficient (Wildman–Crippen LogP) is 3.26. The van der Waals surface area contributed by atoms with Crippen molar-refractivity contribution in [3.05, 3.63) is 33.0 Å². The van der Waals surface area contributed by atoms with Crippen molar-refractivity contribution < 1.29 is 14.3 Å². The quantitative estimate of drug-likeness (QED) is 0.864. The van der Waals surface area contributed by atoms with Gasteiger partial charge in [-0.1, -0.05) is 11.6 Å². The van der Waals surface area contributed by atoms with Gasteiger partial charge >= 0.3 is 5.97 Å². The van der Waals surface area contributed by atoms with Gasteiger partial charge in [0.1, 0.15) is 5.82 Å². The van der Waals surface area contributed by atoms with Crippen LogP contribution in [0.4, 0.5) is 4.39 Å². The molecule has 0 saturated carbocycles. The molecular formula is C9H7BrClFO2. The fourth-order valence-electron chi connectivity index (χ4n) is 0.997. The Hall–Kier alpha value is -0.610. The van der Waals surface area contributed by atoms with Gasteiger partial charge in [-0.3, -0.25) is 4.79 Å². The standard InChI is InChI=1S/C9H7BrClFO2/c10-6-3-5(1-2-9(13)14)8(12)4-7(6)11/h3-4H,1-2H2,(H,13,14). The Kier molecular flexibility index (Phi) is 3.89. The number of benzene rings is 1. The maximum Gasteiger partial charge on any atom is 0.303 e. The van der Waals surface area contributed by atoms with E-state index in [4.69, 9.17) is 16.7 Å². The summed E-state index contributed by atoms with van der Waals surface area (Å²) in [6.07, 6.45) is 0.0714. The number of carboxylic acid groups (broad SMARTS) is 1. The third kappa shape index (κ3) is 2.96. The van der Waals surface area contributed by atoms with E-state index < -0.39 is 11.8 Å². The lowest BCUT2D eigenvalue weighted by molar-refractivity contribution is -0.136. The van der Waals surface area contributed by atoms with Gasteiger partial charge in [-0.05, 0) is 40.0 Å². The maximum atomic E-state index is 13.2. The molecule has 76 valence electrons. The average molecular weight is 282 g/mol. The molecular weight excluding hydrogens is 274 g/mol. The number of rotatable bonds is 3. The van der Waals surface area contributed by atoms with Gasteiger partial charge in [-0.2, -0.15) is 0 Å². The summed E-state index contributed by atoms with van der Waals surface area (Å²) < 4.78 is 13.8. The molecule has 0 aliphatic heterocycles. The Morgan fingerprint density at radius 3 is 2.79 bits per heavy atom. The minimum absolute atomic E-state index is 0.0923. The molecule has 0 aliphatic carbocycles. The third-order valence-electron chi connectivity index (χ3n) is 1.70. The van der Waals surface area contributed by atoms with E-state index in [1.54, 1.807) is 0 Å². The molecule has 0 spiro atoms. The lowest BCUT2D eigenvalue weighted by atomic mass is 10.1.